The van der Waals surface area contributed by atoms with Gasteiger partial charge in [0.15, 0.2) is 0 Å². The number of nitrogens with zero attached hydrogens (tertiary/aromatic N) is 2. The zero-order chi connectivity index (χ0) is 18.4. The van der Waals surface area contributed by atoms with Gasteiger partial charge in [0.1, 0.15) is 26.9 Å². The Balaban J connectivity index is 2.75. The predicted octanol–water partition coefficient (Wildman–Crippen LogP) is 2.01. The molecular formula is C16H19N3O4S. The van der Waals surface area contributed by atoms with E-state index >= 15 is 0 Å². The summed E-state index contributed by atoms with van der Waals surface area (Å²) in [6.07, 6.45) is 0. The van der Waals surface area contributed by atoms with E-state index in [2.05, 4.69) is 4.98 Å². The van der Waals surface area contributed by atoms with E-state index in [1.807, 2.05) is 6.07 Å². The van der Waals surface area contributed by atoms with Crippen molar-refractivity contribution in [2.75, 3.05) is 0 Å². The zero-order valence-electron chi connectivity index (χ0n) is 14.4. The lowest BCUT2D eigenvalue weighted by atomic mass is 10.0. The highest BCUT2D eigenvalue weighted by Gasteiger charge is 2.37. The molecule has 0 amide bonds. The number of nitriles is 1. The minimum Gasteiger partial charge on any atom is -0.458 e. The first-order valence-corrected chi connectivity index (χ1v) is 8.14. The number of thiophene rings is 1. The Labute approximate surface area is 142 Å². The number of aromatic amines is 1. The Morgan fingerprint density at radius 1 is 1.25 bits per heavy atom. The summed E-state index contributed by atoms with van der Waals surface area (Å²) in [5.41, 5.74) is -3.07. The lowest BCUT2D eigenvalue weighted by Crippen LogP contribution is -2.52. The number of fused-ring (bicyclic) bond motifs is 1. The molecule has 2 aromatic heterocycles. The van der Waals surface area contributed by atoms with E-state index < -0.39 is 28.4 Å². The van der Waals surface area contributed by atoms with Gasteiger partial charge in [0.2, 0.25) is 0 Å². The highest BCUT2D eigenvalue weighted by atomic mass is 32.1. The average Bonchev–Trinajstić information content (AvgIpc) is 2.72. The molecule has 0 radical (unpaired) electrons. The lowest BCUT2D eigenvalue weighted by molar-refractivity contribution is -0.164. The van der Waals surface area contributed by atoms with Gasteiger partial charge in [0.25, 0.3) is 5.56 Å². The Hall–Kier alpha value is -2.40. The van der Waals surface area contributed by atoms with Crippen LogP contribution in [0.4, 0.5) is 0 Å². The van der Waals surface area contributed by atoms with E-state index in [1.165, 1.54) is 13.8 Å². The van der Waals surface area contributed by atoms with Gasteiger partial charge < -0.3 is 4.74 Å². The van der Waals surface area contributed by atoms with Crippen molar-refractivity contribution >= 4 is 27.5 Å². The summed E-state index contributed by atoms with van der Waals surface area (Å²) >= 11 is 1.04. The number of H-pyrrole nitrogens is 1. The lowest BCUT2D eigenvalue weighted by Gasteiger charge is -2.29. The van der Waals surface area contributed by atoms with Crippen LogP contribution >= 0.6 is 11.3 Å². The first-order chi connectivity index (χ1) is 10.9. The Morgan fingerprint density at radius 2 is 1.83 bits per heavy atom. The maximum Gasteiger partial charge on any atom is 0.332 e. The Bertz CT molecular complexity index is 980. The largest absolute Gasteiger partial charge is 0.458 e. The highest BCUT2D eigenvalue weighted by Crippen LogP contribution is 2.26. The summed E-state index contributed by atoms with van der Waals surface area (Å²) < 4.78 is 6.19. The van der Waals surface area contributed by atoms with E-state index in [4.69, 9.17) is 10.00 Å². The van der Waals surface area contributed by atoms with Crippen molar-refractivity contribution in [3.05, 3.63) is 31.3 Å². The minimum atomic E-state index is -1.49. The molecular weight excluding hydrogens is 330 g/mol. The second-order valence-electron chi connectivity index (χ2n) is 7.00. The number of hydrogen-bond acceptors (Lipinski definition) is 6. The fourth-order valence-electron chi connectivity index (χ4n) is 2.32. The van der Waals surface area contributed by atoms with Crippen molar-refractivity contribution in [2.45, 2.75) is 52.7 Å². The molecule has 0 spiro atoms. The maximum absolute atomic E-state index is 12.8. The molecule has 0 unspecified atom stereocenters. The van der Waals surface area contributed by atoms with Crippen molar-refractivity contribution in [3.8, 4) is 6.07 Å². The quantitative estimate of drug-likeness (QED) is 0.835. The second-order valence-corrected chi connectivity index (χ2v) is 8.02. The van der Waals surface area contributed by atoms with Crippen LogP contribution in [0.15, 0.2) is 9.59 Å². The number of aromatic nitrogens is 2. The molecule has 0 bridgehead atoms. The van der Waals surface area contributed by atoms with Crippen molar-refractivity contribution in [1.29, 1.82) is 5.26 Å². The van der Waals surface area contributed by atoms with Crippen LogP contribution in [0, 0.1) is 18.3 Å². The summed E-state index contributed by atoms with van der Waals surface area (Å²) in [7, 11) is 0. The Kier molecular flexibility index (Phi) is 4.19. The number of ether oxygens (including phenoxy) is 1. The average molecular weight is 349 g/mol. The van der Waals surface area contributed by atoms with Crippen molar-refractivity contribution in [3.63, 3.8) is 0 Å². The van der Waals surface area contributed by atoms with Crippen molar-refractivity contribution < 1.29 is 9.53 Å². The first-order valence-electron chi connectivity index (χ1n) is 7.32. The molecule has 1 N–H and O–H groups in total. The fourth-order valence-corrected chi connectivity index (χ4v) is 3.31. The first kappa shape index (κ1) is 17.9. The van der Waals surface area contributed by atoms with Crippen molar-refractivity contribution in [2.24, 2.45) is 0 Å². The number of aryl methyl sites for hydroxylation is 1. The van der Waals surface area contributed by atoms with Crippen LogP contribution in [0.25, 0.3) is 10.2 Å². The molecule has 0 aromatic carbocycles. The number of hydrogen-bond donors (Lipinski definition) is 1. The van der Waals surface area contributed by atoms with Crippen LogP contribution in [0.1, 0.15) is 45.1 Å². The third-order valence-electron chi connectivity index (χ3n) is 3.55. The SMILES string of the molecule is Cc1c(C#N)sc2[nH]c(=O)n(C(C)(C)C(=O)OC(C)(C)C)c(=O)c12. The van der Waals surface area contributed by atoms with Gasteiger partial charge in [-0.2, -0.15) is 5.26 Å². The van der Waals surface area contributed by atoms with Crippen LogP contribution < -0.4 is 11.2 Å². The van der Waals surface area contributed by atoms with Gasteiger partial charge in [-0.1, -0.05) is 0 Å². The third-order valence-corrected chi connectivity index (χ3v) is 4.66. The van der Waals surface area contributed by atoms with Crippen LogP contribution in [-0.4, -0.2) is 21.1 Å². The number of carbonyl (C=O) groups excluding carboxylic acids is 1. The van der Waals surface area contributed by atoms with Gasteiger partial charge in [0, 0.05) is 0 Å². The monoisotopic (exact) mass is 349 g/mol. The van der Waals surface area contributed by atoms with Gasteiger partial charge in [-0.25, -0.2) is 14.2 Å². The minimum absolute atomic E-state index is 0.243. The van der Waals surface area contributed by atoms with Crippen LogP contribution in [-0.2, 0) is 15.1 Å². The number of carbonyl (C=O) groups is 1. The molecule has 0 saturated heterocycles. The van der Waals surface area contributed by atoms with E-state index in [9.17, 15) is 14.4 Å². The van der Waals surface area contributed by atoms with Crippen LogP contribution in [0.2, 0.25) is 0 Å². The van der Waals surface area contributed by atoms with Crippen LogP contribution in [0.3, 0.4) is 0 Å². The Morgan fingerprint density at radius 3 is 2.33 bits per heavy atom. The molecule has 128 valence electrons. The summed E-state index contributed by atoms with van der Waals surface area (Å²) in [6, 6.07) is 2.00. The van der Waals surface area contributed by atoms with Crippen LogP contribution in [0.5, 0.6) is 0 Å². The molecule has 0 aliphatic rings. The molecule has 8 heteroatoms. The van der Waals surface area contributed by atoms with Gasteiger partial charge in [0.05, 0.1) is 5.39 Å². The molecule has 0 atom stereocenters. The summed E-state index contributed by atoms with van der Waals surface area (Å²) in [6.45, 7) is 9.67. The maximum atomic E-state index is 12.8. The molecule has 7 nitrogen and oxygen atoms in total. The van der Waals surface area contributed by atoms with Crippen molar-refractivity contribution in [1.82, 2.24) is 9.55 Å². The zero-order valence-corrected chi connectivity index (χ0v) is 15.3. The van der Waals surface area contributed by atoms with E-state index in [0.717, 1.165) is 15.9 Å². The molecule has 0 aliphatic carbocycles. The van der Waals surface area contributed by atoms with Gasteiger partial charge in [-0.3, -0.25) is 9.78 Å². The van der Waals surface area contributed by atoms with E-state index in [0.29, 0.717) is 15.3 Å². The number of nitrogens with one attached hydrogen (secondary N) is 1. The fraction of sp³-hybridized carbons (Fsp3) is 0.500. The number of esters is 1. The van der Waals surface area contributed by atoms with Gasteiger partial charge in [-0.05, 0) is 47.1 Å². The smallest absolute Gasteiger partial charge is 0.332 e. The summed E-state index contributed by atoms with van der Waals surface area (Å²) in [5, 5.41) is 9.35. The van der Waals surface area contributed by atoms with E-state index in [-0.39, 0.29) is 5.39 Å². The topological polar surface area (TPSA) is 105 Å². The molecule has 2 aromatic rings. The third kappa shape index (κ3) is 2.87. The molecule has 24 heavy (non-hydrogen) atoms. The highest BCUT2D eigenvalue weighted by molar-refractivity contribution is 7.19. The molecule has 0 aliphatic heterocycles. The summed E-state index contributed by atoms with van der Waals surface area (Å²) in [4.78, 5) is 41.0. The number of rotatable bonds is 2. The normalized spacial score (nSPS) is 12.2. The van der Waals surface area contributed by atoms with Gasteiger partial charge >= 0.3 is 11.7 Å². The predicted molar refractivity (Wildman–Crippen MR) is 91.3 cm³/mol. The second kappa shape index (κ2) is 5.60. The molecule has 0 fully saturated rings. The standard InChI is InChI=1S/C16H19N3O4S/c1-8-9(7-17)24-11-10(8)12(20)19(14(22)18-11)16(5,6)13(21)23-15(2,3)4/h1-6H3,(H,18,22). The van der Waals surface area contributed by atoms with E-state index in [1.54, 1.807) is 27.7 Å². The summed E-state index contributed by atoms with van der Waals surface area (Å²) in [5.74, 6) is -0.685. The molecule has 0 saturated carbocycles. The van der Waals surface area contributed by atoms with Gasteiger partial charge in [-0.15, -0.1) is 11.3 Å². The molecule has 2 heterocycles. The molecule has 2 rings (SSSR count).